The molecule has 0 aliphatic carbocycles. The standard InChI is InChI=1S/C25H35ClN4O3/c1-17(2)10-13-27-23(31)19-16-28-30(21-9-7-6-8-20(21)26)22(19)18-11-14-29(15-12-18)24(32)33-25(3,4)5/h6-9,16-18H,10-15H2,1-5H3,(H,27,31). The Balaban J connectivity index is 1.85. The summed E-state index contributed by atoms with van der Waals surface area (Å²) in [6, 6.07) is 7.49. The van der Waals surface area contributed by atoms with Crippen molar-refractivity contribution in [2.75, 3.05) is 19.6 Å². The molecule has 1 saturated heterocycles. The van der Waals surface area contributed by atoms with Gasteiger partial charge in [0.1, 0.15) is 5.60 Å². The van der Waals surface area contributed by atoms with Gasteiger partial charge in [0.05, 0.1) is 28.2 Å². The lowest BCUT2D eigenvalue weighted by atomic mass is 9.90. The smallest absolute Gasteiger partial charge is 0.410 e. The first kappa shape index (κ1) is 25.1. The van der Waals surface area contributed by atoms with Crippen molar-refractivity contribution < 1.29 is 14.3 Å². The Kier molecular flexibility index (Phi) is 8.05. The molecular weight excluding hydrogens is 440 g/mol. The van der Waals surface area contributed by atoms with Crippen molar-refractivity contribution in [3.63, 3.8) is 0 Å². The second-order valence-electron chi connectivity index (χ2n) is 9.99. The van der Waals surface area contributed by atoms with Crippen LogP contribution in [0.2, 0.25) is 5.02 Å². The SMILES string of the molecule is CC(C)CCNC(=O)c1cnn(-c2ccccc2Cl)c1C1CCN(C(=O)OC(C)(C)C)CC1. The Morgan fingerprint density at radius 1 is 1.21 bits per heavy atom. The maximum absolute atomic E-state index is 13.1. The van der Waals surface area contributed by atoms with E-state index in [1.807, 2.05) is 45.0 Å². The third-order valence-electron chi connectivity index (χ3n) is 5.67. The molecule has 2 amide bonds. The van der Waals surface area contributed by atoms with E-state index in [-0.39, 0.29) is 17.9 Å². The van der Waals surface area contributed by atoms with E-state index in [4.69, 9.17) is 16.3 Å². The van der Waals surface area contributed by atoms with Crippen LogP contribution in [0.25, 0.3) is 5.69 Å². The van der Waals surface area contributed by atoms with Crippen LogP contribution in [0.3, 0.4) is 0 Å². The maximum Gasteiger partial charge on any atom is 0.410 e. The van der Waals surface area contributed by atoms with Crippen LogP contribution in [0.15, 0.2) is 30.5 Å². The number of piperidine rings is 1. The molecule has 0 atom stereocenters. The van der Waals surface area contributed by atoms with Crippen molar-refractivity contribution in [1.29, 1.82) is 0 Å². The molecule has 0 bridgehead atoms. The summed E-state index contributed by atoms with van der Waals surface area (Å²) in [7, 11) is 0. The number of rotatable bonds is 6. The summed E-state index contributed by atoms with van der Waals surface area (Å²) in [6.07, 6.45) is 3.66. The van der Waals surface area contributed by atoms with Crippen molar-refractivity contribution in [3.05, 3.63) is 46.7 Å². The van der Waals surface area contributed by atoms with Gasteiger partial charge in [0, 0.05) is 25.6 Å². The second-order valence-corrected chi connectivity index (χ2v) is 10.4. The molecule has 2 heterocycles. The van der Waals surface area contributed by atoms with Gasteiger partial charge < -0.3 is 15.0 Å². The van der Waals surface area contributed by atoms with Crippen LogP contribution in [0.1, 0.15) is 75.9 Å². The molecule has 1 aromatic heterocycles. The van der Waals surface area contributed by atoms with E-state index < -0.39 is 5.60 Å². The molecule has 0 unspecified atom stereocenters. The first-order valence-corrected chi connectivity index (χ1v) is 12.0. The molecule has 2 aromatic rings. The number of halogens is 1. The number of nitrogens with one attached hydrogen (secondary N) is 1. The summed E-state index contributed by atoms with van der Waals surface area (Å²) in [5, 5.41) is 8.16. The minimum atomic E-state index is -0.530. The van der Waals surface area contributed by atoms with Crippen molar-refractivity contribution in [3.8, 4) is 5.69 Å². The first-order valence-electron chi connectivity index (χ1n) is 11.7. The summed E-state index contributed by atoms with van der Waals surface area (Å²) < 4.78 is 7.31. The number of likely N-dealkylation sites (tertiary alicyclic amines) is 1. The number of aromatic nitrogens is 2. The van der Waals surface area contributed by atoms with Gasteiger partial charge >= 0.3 is 6.09 Å². The van der Waals surface area contributed by atoms with Crippen LogP contribution in [0, 0.1) is 5.92 Å². The predicted octanol–water partition coefficient (Wildman–Crippen LogP) is 5.42. The molecule has 7 nitrogen and oxygen atoms in total. The van der Waals surface area contributed by atoms with Gasteiger partial charge in [-0.25, -0.2) is 9.48 Å². The van der Waals surface area contributed by atoms with E-state index in [1.165, 1.54) is 0 Å². The highest BCUT2D eigenvalue weighted by Gasteiger charge is 2.32. The summed E-state index contributed by atoms with van der Waals surface area (Å²) >= 11 is 6.47. The van der Waals surface area contributed by atoms with E-state index >= 15 is 0 Å². The Morgan fingerprint density at radius 2 is 1.88 bits per heavy atom. The van der Waals surface area contributed by atoms with Crippen molar-refractivity contribution in [2.24, 2.45) is 5.92 Å². The molecule has 0 radical (unpaired) electrons. The number of carbonyl (C=O) groups excluding carboxylic acids is 2. The number of hydrogen-bond acceptors (Lipinski definition) is 4. The van der Waals surface area contributed by atoms with Crippen LogP contribution < -0.4 is 5.32 Å². The zero-order valence-electron chi connectivity index (χ0n) is 20.2. The third kappa shape index (κ3) is 6.50. The van der Waals surface area contributed by atoms with E-state index in [9.17, 15) is 9.59 Å². The molecule has 1 aromatic carbocycles. The Labute approximate surface area is 201 Å². The average Bonchev–Trinajstić information content (AvgIpc) is 3.17. The Morgan fingerprint density at radius 3 is 2.48 bits per heavy atom. The van der Waals surface area contributed by atoms with Gasteiger partial charge in [-0.2, -0.15) is 5.10 Å². The Hall–Kier alpha value is -2.54. The summed E-state index contributed by atoms with van der Waals surface area (Å²) in [5.74, 6) is 0.444. The molecule has 1 fully saturated rings. The molecule has 0 spiro atoms. The molecular formula is C25H35ClN4O3. The first-order chi connectivity index (χ1) is 15.6. The van der Waals surface area contributed by atoms with Crippen molar-refractivity contribution >= 4 is 23.6 Å². The topological polar surface area (TPSA) is 76.5 Å². The Bertz CT molecular complexity index is 972. The largest absolute Gasteiger partial charge is 0.444 e. The number of ether oxygens (including phenoxy) is 1. The molecule has 1 aliphatic heterocycles. The molecule has 1 aliphatic rings. The molecule has 33 heavy (non-hydrogen) atoms. The number of para-hydroxylation sites is 1. The van der Waals surface area contributed by atoms with Crippen LogP contribution in [0.5, 0.6) is 0 Å². The van der Waals surface area contributed by atoms with Crippen LogP contribution in [-0.2, 0) is 4.74 Å². The average molecular weight is 475 g/mol. The quantitative estimate of drug-likeness (QED) is 0.606. The monoisotopic (exact) mass is 474 g/mol. The zero-order chi connectivity index (χ0) is 24.2. The number of amides is 2. The van der Waals surface area contributed by atoms with Gasteiger partial charge in [0.15, 0.2) is 0 Å². The normalized spacial score (nSPS) is 15.1. The number of hydrogen-bond donors (Lipinski definition) is 1. The lowest BCUT2D eigenvalue weighted by Gasteiger charge is -2.34. The fourth-order valence-electron chi connectivity index (χ4n) is 3.97. The van der Waals surface area contributed by atoms with Gasteiger partial charge in [0.2, 0.25) is 0 Å². The van der Waals surface area contributed by atoms with Crippen molar-refractivity contribution in [2.45, 2.75) is 65.4 Å². The summed E-state index contributed by atoms with van der Waals surface area (Å²) in [6.45, 7) is 11.6. The van der Waals surface area contributed by atoms with Gasteiger partial charge in [-0.3, -0.25) is 4.79 Å². The predicted molar refractivity (Wildman–Crippen MR) is 130 cm³/mol. The maximum atomic E-state index is 13.1. The third-order valence-corrected chi connectivity index (χ3v) is 5.99. The molecule has 8 heteroatoms. The molecule has 0 saturated carbocycles. The van der Waals surface area contributed by atoms with Gasteiger partial charge in [-0.1, -0.05) is 37.6 Å². The van der Waals surface area contributed by atoms with E-state index in [0.29, 0.717) is 49.0 Å². The number of carbonyl (C=O) groups is 2. The van der Waals surface area contributed by atoms with Crippen LogP contribution in [-0.4, -0.2) is 51.9 Å². The van der Waals surface area contributed by atoms with Crippen LogP contribution in [0.4, 0.5) is 4.79 Å². The highest BCUT2D eigenvalue weighted by Crippen LogP contribution is 2.34. The lowest BCUT2D eigenvalue weighted by Crippen LogP contribution is -2.41. The van der Waals surface area contributed by atoms with Gasteiger partial charge in [-0.05, 0) is 58.1 Å². The fraction of sp³-hybridized carbons (Fsp3) is 0.560. The van der Waals surface area contributed by atoms with E-state index in [0.717, 1.165) is 17.8 Å². The zero-order valence-corrected chi connectivity index (χ0v) is 21.0. The molecule has 180 valence electrons. The van der Waals surface area contributed by atoms with Crippen LogP contribution >= 0.6 is 11.6 Å². The van der Waals surface area contributed by atoms with Crippen molar-refractivity contribution in [1.82, 2.24) is 20.0 Å². The highest BCUT2D eigenvalue weighted by atomic mass is 35.5. The van der Waals surface area contributed by atoms with Gasteiger partial charge in [-0.15, -0.1) is 0 Å². The molecule has 3 rings (SSSR count). The second kappa shape index (κ2) is 10.6. The number of benzene rings is 1. The van der Waals surface area contributed by atoms with E-state index in [2.05, 4.69) is 24.3 Å². The highest BCUT2D eigenvalue weighted by molar-refractivity contribution is 6.32. The summed E-state index contributed by atoms with van der Waals surface area (Å²) in [4.78, 5) is 27.3. The molecule has 1 N–H and O–H groups in total. The number of nitrogens with zero attached hydrogens (tertiary/aromatic N) is 3. The minimum Gasteiger partial charge on any atom is -0.444 e. The minimum absolute atomic E-state index is 0.0632. The van der Waals surface area contributed by atoms with E-state index in [1.54, 1.807) is 15.8 Å². The lowest BCUT2D eigenvalue weighted by molar-refractivity contribution is 0.0203. The fourth-order valence-corrected chi connectivity index (χ4v) is 4.19. The summed E-state index contributed by atoms with van der Waals surface area (Å²) in [5.41, 5.74) is 1.62. The van der Waals surface area contributed by atoms with Gasteiger partial charge in [0.25, 0.3) is 5.91 Å².